The van der Waals surface area contributed by atoms with Crippen molar-refractivity contribution in [2.45, 2.75) is 83.5 Å². The number of hydrogen-bond donors (Lipinski definition) is 0. The van der Waals surface area contributed by atoms with Crippen LogP contribution < -0.4 is 0 Å². The molecule has 5 rings (SSSR count). The van der Waals surface area contributed by atoms with Gasteiger partial charge in [-0.25, -0.2) is 0 Å². The first kappa shape index (κ1) is 28.7. The van der Waals surface area contributed by atoms with Gasteiger partial charge in [-0.3, -0.25) is 9.59 Å². The molecule has 0 saturated heterocycles. The second-order valence-corrected chi connectivity index (χ2v) is 11.6. The Morgan fingerprint density at radius 1 is 0.488 bits per heavy atom. The molecule has 41 heavy (non-hydrogen) atoms. The van der Waals surface area contributed by atoms with E-state index >= 15 is 0 Å². The summed E-state index contributed by atoms with van der Waals surface area (Å²) in [5, 5.41) is 0. The van der Waals surface area contributed by atoms with E-state index in [4.69, 9.17) is 0 Å². The van der Waals surface area contributed by atoms with Crippen LogP contribution in [0.1, 0.15) is 121 Å². The molecular weight excluding hydrogens is 500 g/mol. The van der Waals surface area contributed by atoms with Crippen LogP contribution in [0.5, 0.6) is 0 Å². The standard InChI is InChI=1S/C39H42O2/c1-3-5-7-15-25-39(26-16-8-6-4-2)35-27-31(37(40)29-17-11-9-12-18-29)21-23-33(35)34-24-22-32(28-36(34)39)38(41)30-19-13-10-14-20-30/h9-14,17-24,27-28H,3-8,15-16,25-26H2,1-2H3. The first-order chi connectivity index (χ1) is 20.1. The summed E-state index contributed by atoms with van der Waals surface area (Å²) in [5.41, 5.74) is 7.70. The van der Waals surface area contributed by atoms with Crippen molar-refractivity contribution in [1.82, 2.24) is 0 Å². The number of fused-ring (bicyclic) bond motifs is 3. The average molecular weight is 543 g/mol. The van der Waals surface area contributed by atoms with Gasteiger partial charge >= 0.3 is 0 Å². The lowest BCUT2D eigenvalue weighted by molar-refractivity contribution is 0.103. The molecular formula is C39H42O2. The Morgan fingerprint density at radius 3 is 1.29 bits per heavy atom. The van der Waals surface area contributed by atoms with E-state index in [1.54, 1.807) is 0 Å². The molecule has 4 aromatic rings. The summed E-state index contributed by atoms with van der Waals surface area (Å²) < 4.78 is 0. The summed E-state index contributed by atoms with van der Waals surface area (Å²) in [5.74, 6) is 0.130. The van der Waals surface area contributed by atoms with Crippen LogP contribution >= 0.6 is 0 Å². The lowest BCUT2D eigenvalue weighted by Crippen LogP contribution is -2.26. The topological polar surface area (TPSA) is 34.1 Å². The molecule has 0 unspecified atom stereocenters. The summed E-state index contributed by atoms with van der Waals surface area (Å²) in [4.78, 5) is 27.2. The van der Waals surface area contributed by atoms with Crippen LogP contribution in [-0.4, -0.2) is 11.6 Å². The lowest BCUT2D eigenvalue weighted by atomic mass is 9.70. The summed E-state index contributed by atoms with van der Waals surface area (Å²) in [7, 11) is 0. The Bertz CT molecular complexity index is 1370. The van der Waals surface area contributed by atoms with Crippen LogP contribution in [0.25, 0.3) is 11.1 Å². The number of carbonyl (C=O) groups is 2. The van der Waals surface area contributed by atoms with E-state index < -0.39 is 0 Å². The molecule has 0 atom stereocenters. The third-order valence-corrected chi connectivity index (χ3v) is 8.87. The third-order valence-electron chi connectivity index (χ3n) is 8.87. The Morgan fingerprint density at radius 2 is 0.902 bits per heavy atom. The first-order valence-electron chi connectivity index (χ1n) is 15.6. The van der Waals surface area contributed by atoms with Gasteiger partial charge in [-0.15, -0.1) is 0 Å². The maximum atomic E-state index is 13.6. The molecule has 0 heterocycles. The fourth-order valence-corrected chi connectivity index (χ4v) is 6.66. The fraction of sp³-hybridized carbons (Fsp3) is 0.333. The second kappa shape index (κ2) is 13.3. The molecule has 0 saturated carbocycles. The van der Waals surface area contributed by atoms with Crippen molar-refractivity contribution in [3.63, 3.8) is 0 Å². The maximum Gasteiger partial charge on any atom is 0.193 e. The van der Waals surface area contributed by atoms with Gasteiger partial charge in [0.2, 0.25) is 0 Å². The minimum atomic E-state index is -0.202. The van der Waals surface area contributed by atoms with Crippen LogP contribution in [0.3, 0.4) is 0 Å². The van der Waals surface area contributed by atoms with Gasteiger partial charge in [0.25, 0.3) is 0 Å². The maximum absolute atomic E-state index is 13.6. The Kier molecular flexibility index (Phi) is 9.29. The average Bonchev–Trinajstić information content (AvgIpc) is 3.30. The molecule has 0 radical (unpaired) electrons. The van der Waals surface area contributed by atoms with Crippen molar-refractivity contribution < 1.29 is 9.59 Å². The minimum Gasteiger partial charge on any atom is -0.289 e. The van der Waals surface area contributed by atoms with E-state index in [1.807, 2.05) is 72.8 Å². The monoisotopic (exact) mass is 542 g/mol. The van der Waals surface area contributed by atoms with E-state index in [-0.39, 0.29) is 17.0 Å². The Hall–Kier alpha value is -3.78. The summed E-state index contributed by atoms with van der Waals surface area (Å²) in [6.07, 6.45) is 11.6. The lowest BCUT2D eigenvalue weighted by Gasteiger charge is -2.33. The SMILES string of the molecule is CCCCCCC1(CCCCCC)c2cc(C(=O)c3ccccc3)ccc2-c2ccc(C(=O)c3ccccc3)cc21. The molecule has 0 spiro atoms. The molecule has 1 aliphatic rings. The fourth-order valence-electron chi connectivity index (χ4n) is 6.66. The highest BCUT2D eigenvalue weighted by molar-refractivity contribution is 6.10. The van der Waals surface area contributed by atoms with Gasteiger partial charge in [0.15, 0.2) is 11.6 Å². The summed E-state index contributed by atoms with van der Waals surface area (Å²) in [6, 6.07) is 31.8. The minimum absolute atomic E-state index is 0.0650. The summed E-state index contributed by atoms with van der Waals surface area (Å²) in [6.45, 7) is 4.51. The summed E-state index contributed by atoms with van der Waals surface area (Å²) >= 11 is 0. The normalized spacial score (nSPS) is 13.0. The predicted molar refractivity (Wildman–Crippen MR) is 170 cm³/mol. The molecule has 1 aliphatic carbocycles. The van der Waals surface area contributed by atoms with Crippen molar-refractivity contribution in [3.05, 3.63) is 130 Å². The number of benzene rings is 4. The van der Waals surface area contributed by atoms with Crippen LogP contribution in [0.2, 0.25) is 0 Å². The highest BCUT2D eigenvalue weighted by atomic mass is 16.1. The van der Waals surface area contributed by atoms with Crippen molar-refractivity contribution in [2.75, 3.05) is 0 Å². The molecule has 0 bridgehead atoms. The van der Waals surface area contributed by atoms with Crippen LogP contribution in [0.15, 0.2) is 97.1 Å². The van der Waals surface area contributed by atoms with E-state index in [2.05, 4.69) is 38.1 Å². The van der Waals surface area contributed by atoms with Crippen molar-refractivity contribution in [1.29, 1.82) is 0 Å². The Labute approximate surface area is 245 Å². The van der Waals surface area contributed by atoms with Gasteiger partial charge in [-0.2, -0.15) is 0 Å². The van der Waals surface area contributed by atoms with Gasteiger partial charge in [0.1, 0.15) is 0 Å². The highest BCUT2D eigenvalue weighted by Crippen LogP contribution is 2.55. The smallest absolute Gasteiger partial charge is 0.193 e. The number of carbonyl (C=O) groups excluding carboxylic acids is 2. The van der Waals surface area contributed by atoms with Gasteiger partial charge in [-0.1, -0.05) is 150 Å². The molecule has 0 fully saturated rings. The van der Waals surface area contributed by atoms with Crippen molar-refractivity contribution in [3.8, 4) is 11.1 Å². The van der Waals surface area contributed by atoms with E-state index in [0.717, 1.165) is 47.9 Å². The molecule has 2 nitrogen and oxygen atoms in total. The Balaban J connectivity index is 1.63. The van der Waals surface area contributed by atoms with Crippen LogP contribution in [0.4, 0.5) is 0 Å². The van der Waals surface area contributed by atoms with Gasteiger partial charge in [0.05, 0.1) is 0 Å². The molecule has 2 heteroatoms. The molecule has 0 aliphatic heterocycles. The van der Waals surface area contributed by atoms with E-state index in [1.165, 1.54) is 60.8 Å². The van der Waals surface area contributed by atoms with Crippen molar-refractivity contribution >= 4 is 11.6 Å². The number of ketones is 2. The predicted octanol–water partition coefficient (Wildman–Crippen LogP) is 10.4. The number of hydrogen-bond acceptors (Lipinski definition) is 2. The zero-order valence-corrected chi connectivity index (χ0v) is 24.6. The van der Waals surface area contributed by atoms with Gasteiger partial charge < -0.3 is 0 Å². The van der Waals surface area contributed by atoms with E-state index in [9.17, 15) is 9.59 Å². The third kappa shape index (κ3) is 5.98. The number of unbranched alkanes of at least 4 members (excludes halogenated alkanes) is 6. The van der Waals surface area contributed by atoms with Gasteiger partial charge in [-0.05, 0) is 47.2 Å². The van der Waals surface area contributed by atoms with Gasteiger partial charge in [0, 0.05) is 27.7 Å². The quantitative estimate of drug-likeness (QED) is 0.117. The zero-order chi connectivity index (χ0) is 28.7. The molecule has 0 amide bonds. The molecule has 4 aromatic carbocycles. The molecule has 0 aromatic heterocycles. The van der Waals surface area contributed by atoms with E-state index in [0.29, 0.717) is 0 Å². The largest absolute Gasteiger partial charge is 0.289 e. The second-order valence-electron chi connectivity index (χ2n) is 11.6. The number of rotatable bonds is 14. The van der Waals surface area contributed by atoms with Crippen LogP contribution in [-0.2, 0) is 5.41 Å². The zero-order valence-electron chi connectivity index (χ0n) is 24.6. The van der Waals surface area contributed by atoms with Crippen LogP contribution in [0, 0.1) is 0 Å². The highest BCUT2D eigenvalue weighted by Gasteiger charge is 2.43. The first-order valence-corrected chi connectivity index (χ1v) is 15.6. The molecule has 210 valence electrons. The van der Waals surface area contributed by atoms with Crippen molar-refractivity contribution in [2.24, 2.45) is 0 Å². The molecule has 0 N–H and O–H groups in total.